The SMILES string of the molecule is NS(=O)(=O)c1ccc(OC[C@@H]2CCN(C(CF)CF)C2)nc1Cl. The van der Waals surface area contributed by atoms with Gasteiger partial charge in [-0.25, -0.2) is 27.3 Å². The Morgan fingerprint density at radius 3 is 2.70 bits per heavy atom. The zero-order valence-electron chi connectivity index (χ0n) is 12.3. The largest absolute Gasteiger partial charge is 0.477 e. The molecule has 2 heterocycles. The van der Waals surface area contributed by atoms with Gasteiger partial charge in [-0.1, -0.05) is 11.6 Å². The third-order valence-electron chi connectivity index (χ3n) is 3.75. The standard InChI is InChI=1S/C13H18ClF2N3O3S/c14-13-11(23(17,20)21)1-2-12(18-13)22-8-9-3-4-19(7-9)10(5-15)6-16/h1-2,9-10H,3-8H2,(H2,17,20,21)/t9-/m1/s1. The Kier molecular flexibility index (Phi) is 6.12. The number of likely N-dealkylation sites (tertiary alicyclic amines) is 1. The molecule has 0 aromatic carbocycles. The first kappa shape index (κ1) is 18.3. The number of hydrogen-bond acceptors (Lipinski definition) is 5. The number of alkyl halides is 2. The molecular formula is C13H18ClF2N3O3S. The van der Waals surface area contributed by atoms with Gasteiger partial charge in [0.2, 0.25) is 15.9 Å². The van der Waals surface area contributed by atoms with E-state index in [4.69, 9.17) is 21.5 Å². The van der Waals surface area contributed by atoms with Gasteiger partial charge >= 0.3 is 0 Å². The van der Waals surface area contributed by atoms with Crippen molar-refractivity contribution < 1.29 is 21.9 Å². The summed E-state index contributed by atoms with van der Waals surface area (Å²) in [4.78, 5) is 5.33. The number of halogens is 3. The molecule has 2 rings (SSSR count). The smallest absolute Gasteiger partial charge is 0.241 e. The molecule has 1 atom stereocenters. The molecule has 1 aliphatic rings. The summed E-state index contributed by atoms with van der Waals surface area (Å²) in [7, 11) is -3.93. The minimum atomic E-state index is -3.93. The summed E-state index contributed by atoms with van der Waals surface area (Å²) < 4.78 is 53.3. The van der Waals surface area contributed by atoms with Gasteiger partial charge in [0.1, 0.15) is 18.2 Å². The van der Waals surface area contributed by atoms with Crippen LogP contribution in [0.1, 0.15) is 6.42 Å². The second kappa shape index (κ2) is 7.69. The summed E-state index contributed by atoms with van der Waals surface area (Å²) in [6.07, 6.45) is 0.763. The van der Waals surface area contributed by atoms with Crippen LogP contribution in [0.4, 0.5) is 8.78 Å². The second-order valence-corrected chi connectivity index (χ2v) is 7.29. The number of hydrogen-bond donors (Lipinski definition) is 1. The Balaban J connectivity index is 1.91. The molecule has 1 saturated heterocycles. The molecule has 0 saturated carbocycles. The van der Waals surface area contributed by atoms with Crippen LogP contribution in [-0.4, -0.2) is 57.4 Å². The van der Waals surface area contributed by atoms with Crippen LogP contribution in [-0.2, 0) is 10.0 Å². The van der Waals surface area contributed by atoms with Gasteiger partial charge in [0, 0.05) is 18.5 Å². The van der Waals surface area contributed by atoms with Crippen LogP contribution < -0.4 is 9.88 Å². The van der Waals surface area contributed by atoms with E-state index >= 15 is 0 Å². The van der Waals surface area contributed by atoms with Crippen molar-refractivity contribution in [1.29, 1.82) is 0 Å². The fourth-order valence-corrected chi connectivity index (χ4v) is 3.47. The number of pyridine rings is 1. The van der Waals surface area contributed by atoms with Gasteiger partial charge in [-0.05, 0) is 19.0 Å². The highest BCUT2D eigenvalue weighted by Gasteiger charge is 2.28. The summed E-state index contributed by atoms with van der Waals surface area (Å²) in [5, 5.41) is 4.73. The molecule has 6 nitrogen and oxygen atoms in total. The van der Waals surface area contributed by atoms with Crippen molar-refractivity contribution in [2.75, 3.05) is 33.0 Å². The van der Waals surface area contributed by atoms with Crippen LogP contribution in [0, 0.1) is 5.92 Å². The van der Waals surface area contributed by atoms with Gasteiger partial charge in [-0.3, -0.25) is 4.90 Å². The third kappa shape index (κ3) is 4.72. The van der Waals surface area contributed by atoms with Crippen LogP contribution in [0.25, 0.3) is 0 Å². The van der Waals surface area contributed by atoms with Crippen LogP contribution in [0.2, 0.25) is 5.15 Å². The van der Waals surface area contributed by atoms with Gasteiger partial charge in [0.25, 0.3) is 0 Å². The van der Waals surface area contributed by atoms with Gasteiger partial charge in [-0.2, -0.15) is 0 Å². The summed E-state index contributed by atoms with van der Waals surface area (Å²) in [5.41, 5.74) is 0. The van der Waals surface area contributed by atoms with Crippen LogP contribution in [0.5, 0.6) is 5.88 Å². The van der Waals surface area contributed by atoms with E-state index in [0.717, 1.165) is 6.42 Å². The molecule has 10 heteroatoms. The number of sulfonamides is 1. The van der Waals surface area contributed by atoms with Crippen LogP contribution >= 0.6 is 11.6 Å². The number of nitrogens with two attached hydrogens (primary N) is 1. The van der Waals surface area contributed by atoms with Crippen molar-refractivity contribution in [3.05, 3.63) is 17.3 Å². The normalized spacial score (nSPS) is 19.4. The van der Waals surface area contributed by atoms with E-state index in [9.17, 15) is 17.2 Å². The van der Waals surface area contributed by atoms with E-state index in [1.807, 2.05) is 0 Å². The lowest BCUT2D eigenvalue weighted by atomic mass is 10.1. The van der Waals surface area contributed by atoms with Crippen molar-refractivity contribution in [2.45, 2.75) is 17.4 Å². The molecule has 0 radical (unpaired) electrons. The molecule has 0 amide bonds. The predicted molar refractivity (Wildman–Crippen MR) is 81.5 cm³/mol. The van der Waals surface area contributed by atoms with E-state index < -0.39 is 29.4 Å². The maximum atomic E-state index is 12.7. The van der Waals surface area contributed by atoms with Crippen LogP contribution in [0.3, 0.4) is 0 Å². The molecule has 0 spiro atoms. The second-order valence-electron chi connectivity index (χ2n) is 5.41. The number of rotatable bonds is 7. The van der Waals surface area contributed by atoms with Crippen molar-refractivity contribution in [1.82, 2.24) is 9.88 Å². The van der Waals surface area contributed by atoms with Crippen LogP contribution in [0.15, 0.2) is 17.0 Å². The van der Waals surface area contributed by atoms with Gasteiger partial charge in [-0.15, -0.1) is 0 Å². The highest BCUT2D eigenvalue weighted by molar-refractivity contribution is 7.89. The molecule has 130 valence electrons. The Hall–Kier alpha value is -1.03. The Labute approximate surface area is 138 Å². The zero-order valence-corrected chi connectivity index (χ0v) is 13.9. The number of ether oxygens (including phenoxy) is 1. The maximum absolute atomic E-state index is 12.7. The summed E-state index contributed by atoms with van der Waals surface area (Å²) >= 11 is 5.77. The van der Waals surface area contributed by atoms with Crippen molar-refractivity contribution >= 4 is 21.6 Å². The predicted octanol–water partition coefficient (Wildman–Crippen LogP) is 1.39. The molecule has 0 aliphatic carbocycles. The minimum Gasteiger partial charge on any atom is -0.477 e. The zero-order chi connectivity index (χ0) is 17.0. The molecule has 23 heavy (non-hydrogen) atoms. The molecule has 2 N–H and O–H groups in total. The van der Waals surface area contributed by atoms with E-state index in [-0.39, 0.29) is 21.8 Å². The van der Waals surface area contributed by atoms with Crippen molar-refractivity contribution in [3.8, 4) is 5.88 Å². The van der Waals surface area contributed by atoms with Gasteiger partial charge in [0.15, 0.2) is 5.15 Å². The van der Waals surface area contributed by atoms with Crippen molar-refractivity contribution in [3.63, 3.8) is 0 Å². The van der Waals surface area contributed by atoms with E-state index in [0.29, 0.717) is 19.7 Å². The van der Waals surface area contributed by atoms with E-state index in [1.54, 1.807) is 4.90 Å². The number of primary sulfonamides is 1. The lowest BCUT2D eigenvalue weighted by molar-refractivity contribution is 0.154. The molecule has 0 unspecified atom stereocenters. The molecular weight excluding hydrogens is 352 g/mol. The quantitative estimate of drug-likeness (QED) is 0.734. The van der Waals surface area contributed by atoms with Gasteiger partial charge < -0.3 is 4.74 Å². The average molecular weight is 370 g/mol. The number of nitrogens with zero attached hydrogens (tertiary/aromatic N) is 2. The number of aromatic nitrogens is 1. The monoisotopic (exact) mass is 369 g/mol. The summed E-state index contributed by atoms with van der Waals surface area (Å²) in [6.45, 7) is 0.0406. The first-order valence-electron chi connectivity index (χ1n) is 7.03. The van der Waals surface area contributed by atoms with E-state index in [1.165, 1.54) is 12.1 Å². The highest BCUT2D eigenvalue weighted by atomic mass is 35.5. The molecule has 1 aliphatic heterocycles. The first-order valence-corrected chi connectivity index (χ1v) is 8.95. The molecule has 1 aromatic rings. The third-order valence-corrected chi connectivity index (χ3v) is 5.09. The molecule has 1 fully saturated rings. The average Bonchev–Trinajstić information content (AvgIpc) is 2.94. The Morgan fingerprint density at radius 2 is 2.13 bits per heavy atom. The highest BCUT2D eigenvalue weighted by Crippen LogP contribution is 2.23. The lowest BCUT2D eigenvalue weighted by Gasteiger charge is -2.22. The molecule has 1 aromatic heterocycles. The summed E-state index contributed by atoms with van der Waals surface area (Å²) in [6, 6.07) is 1.90. The lowest BCUT2D eigenvalue weighted by Crippen LogP contribution is -2.37. The fraction of sp³-hybridized carbons (Fsp3) is 0.615. The maximum Gasteiger partial charge on any atom is 0.241 e. The van der Waals surface area contributed by atoms with Crippen molar-refractivity contribution in [2.24, 2.45) is 11.1 Å². The topological polar surface area (TPSA) is 85.5 Å². The van der Waals surface area contributed by atoms with Gasteiger partial charge in [0.05, 0.1) is 12.6 Å². The first-order chi connectivity index (χ1) is 10.8. The molecule has 0 bridgehead atoms. The summed E-state index contributed by atoms with van der Waals surface area (Å²) in [5.74, 6) is 0.294. The Bertz CT molecular complexity index is 643. The Morgan fingerprint density at radius 1 is 1.43 bits per heavy atom. The van der Waals surface area contributed by atoms with E-state index in [2.05, 4.69) is 4.98 Å². The minimum absolute atomic E-state index is 0.120. The fourth-order valence-electron chi connectivity index (χ4n) is 2.47.